The van der Waals surface area contributed by atoms with Crippen molar-refractivity contribution in [1.82, 2.24) is 16.0 Å². The number of hydrogen-bond donors (Lipinski definition) is 5. The molecule has 200 valence electrons. The van der Waals surface area contributed by atoms with E-state index < -0.39 is 24.1 Å². The van der Waals surface area contributed by atoms with E-state index in [1.165, 1.54) is 0 Å². The summed E-state index contributed by atoms with van der Waals surface area (Å²) in [4.78, 5) is 37.8. The van der Waals surface area contributed by atoms with Crippen LogP contribution in [0.3, 0.4) is 0 Å². The quantitative estimate of drug-likeness (QED) is 0.396. The van der Waals surface area contributed by atoms with Crippen molar-refractivity contribution in [3.8, 4) is 5.75 Å². The van der Waals surface area contributed by atoms with Gasteiger partial charge in [-0.25, -0.2) is 9.59 Å². The topological polar surface area (TPSA) is 152 Å². The number of benzene rings is 1. The molecule has 0 aromatic heterocycles. The number of carbonyl (C=O) groups excluding carboxylic acids is 2. The number of rotatable bonds is 6. The molecule has 1 aliphatic carbocycles. The molecule has 1 unspecified atom stereocenters. The first-order chi connectivity index (χ1) is 17.2. The largest absolute Gasteiger partial charge is 0.494 e. The summed E-state index contributed by atoms with van der Waals surface area (Å²) in [6.45, 7) is 5.51. The molecule has 6 N–H and O–H groups in total. The van der Waals surface area contributed by atoms with Crippen LogP contribution >= 0.6 is 0 Å². The normalized spacial score (nSPS) is 26.3. The SMILES string of the molecule is CC(C)C1COCCCCOc2ccc(cc2)C[C@@H](NC(=O)N[C@@H](CC2CC(N)C2)C(=O)O)C(=O)N1. The standard InChI is InChI=1S/C26H40N4O6/c1-16(2)23-15-35-9-3-4-10-36-20-7-5-17(6-8-20)13-21(24(31)28-23)29-26(34)30-22(25(32)33)14-18-11-19(27)12-18/h5-8,16,18-19,21-23H,3-4,9-15,27H2,1-2H3,(H,28,31)(H,32,33)(H2,29,30,34)/t18?,19?,21-,22+,23?/m1/s1. The predicted octanol–water partition coefficient (Wildman–Crippen LogP) is 1.81. The lowest BCUT2D eigenvalue weighted by Crippen LogP contribution is -2.56. The van der Waals surface area contributed by atoms with Crippen LogP contribution in [-0.2, 0) is 20.7 Å². The minimum absolute atomic E-state index is 0.0926. The minimum atomic E-state index is -1.11. The lowest BCUT2D eigenvalue weighted by Gasteiger charge is -2.34. The van der Waals surface area contributed by atoms with Crippen LogP contribution in [0.4, 0.5) is 4.79 Å². The molecule has 0 radical (unpaired) electrons. The summed E-state index contributed by atoms with van der Waals surface area (Å²) in [6.07, 6.45) is 3.75. The average Bonchev–Trinajstić information content (AvgIpc) is 2.80. The van der Waals surface area contributed by atoms with Crippen LogP contribution in [0.2, 0.25) is 0 Å². The molecule has 0 saturated heterocycles. The lowest BCUT2D eigenvalue weighted by molar-refractivity contribution is -0.139. The zero-order chi connectivity index (χ0) is 26.1. The molecule has 2 aliphatic heterocycles. The van der Waals surface area contributed by atoms with E-state index in [2.05, 4.69) is 16.0 Å². The first-order valence-corrected chi connectivity index (χ1v) is 12.9. The number of carboxylic acids is 1. The van der Waals surface area contributed by atoms with Crippen molar-refractivity contribution in [3.63, 3.8) is 0 Å². The summed E-state index contributed by atoms with van der Waals surface area (Å²) in [6, 6.07) is 4.62. The Bertz CT molecular complexity index is 872. The fraction of sp³-hybridized carbons (Fsp3) is 0.654. The highest BCUT2D eigenvalue weighted by molar-refractivity contribution is 5.89. The predicted molar refractivity (Wildman–Crippen MR) is 135 cm³/mol. The molecular formula is C26H40N4O6. The van der Waals surface area contributed by atoms with Crippen LogP contribution in [0.25, 0.3) is 0 Å². The number of hydrogen-bond acceptors (Lipinski definition) is 6. The number of aliphatic carboxylic acids is 1. The minimum Gasteiger partial charge on any atom is -0.494 e. The van der Waals surface area contributed by atoms with Gasteiger partial charge in [0, 0.05) is 19.1 Å². The van der Waals surface area contributed by atoms with E-state index in [-0.39, 0.29) is 36.2 Å². The van der Waals surface area contributed by atoms with Crippen molar-refractivity contribution in [2.45, 2.75) is 76.5 Å². The summed E-state index contributed by atoms with van der Waals surface area (Å²) in [7, 11) is 0. The summed E-state index contributed by atoms with van der Waals surface area (Å²) < 4.78 is 11.6. The molecule has 1 aromatic rings. The van der Waals surface area contributed by atoms with E-state index >= 15 is 0 Å². The van der Waals surface area contributed by atoms with Gasteiger partial charge in [0.25, 0.3) is 0 Å². The van der Waals surface area contributed by atoms with Crippen molar-refractivity contribution in [2.24, 2.45) is 17.6 Å². The molecule has 3 atom stereocenters. The van der Waals surface area contributed by atoms with Crippen molar-refractivity contribution in [2.75, 3.05) is 19.8 Å². The van der Waals surface area contributed by atoms with Crippen LogP contribution in [-0.4, -0.2) is 67.0 Å². The molecule has 10 nitrogen and oxygen atoms in total. The van der Waals surface area contributed by atoms with Gasteiger partial charge in [-0.15, -0.1) is 0 Å². The molecular weight excluding hydrogens is 464 g/mol. The van der Waals surface area contributed by atoms with Gasteiger partial charge in [0.05, 0.1) is 19.3 Å². The Balaban J connectivity index is 1.71. The Morgan fingerprint density at radius 2 is 1.86 bits per heavy atom. The van der Waals surface area contributed by atoms with Crippen molar-refractivity contribution in [3.05, 3.63) is 29.8 Å². The lowest BCUT2D eigenvalue weighted by atomic mass is 9.77. The highest BCUT2D eigenvalue weighted by atomic mass is 16.5. The number of ether oxygens (including phenoxy) is 2. The molecule has 2 heterocycles. The number of fused-ring (bicyclic) bond motifs is 13. The zero-order valence-corrected chi connectivity index (χ0v) is 21.2. The maximum Gasteiger partial charge on any atom is 0.326 e. The van der Waals surface area contributed by atoms with Crippen LogP contribution in [0.15, 0.2) is 24.3 Å². The van der Waals surface area contributed by atoms with Gasteiger partial charge in [0.2, 0.25) is 5.91 Å². The van der Waals surface area contributed by atoms with E-state index in [4.69, 9.17) is 15.2 Å². The number of amides is 3. The second-order valence-electron chi connectivity index (χ2n) is 10.2. The van der Waals surface area contributed by atoms with Gasteiger partial charge >= 0.3 is 12.0 Å². The second-order valence-corrected chi connectivity index (χ2v) is 10.2. The van der Waals surface area contributed by atoms with Crippen LogP contribution in [0.1, 0.15) is 51.5 Å². The van der Waals surface area contributed by atoms with Gasteiger partial charge in [-0.05, 0) is 61.6 Å². The fourth-order valence-electron chi connectivity index (χ4n) is 4.45. The third-order valence-electron chi connectivity index (χ3n) is 6.81. The van der Waals surface area contributed by atoms with Crippen LogP contribution < -0.4 is 26.4 Å². The monoisotopic (exact) mass is 504 g/mol. The van der Waals surface area contributed by atoms with E-state index in [1.807, 2.05) is 38.1 Å². The maximum absolute atomic E-state index is 13.3. The Morgan fingerprint density at radius 3 is 2.50 bits per heavy atom. The van der Waals surface area contributed by atoms with Gasteiger partial charge in [0.15, 0.2) is 0 Å². The van der Waals surface area contributed by atoms with Crippen LogP contribution in [0.5, 0.6) is 5.75 Å². The number of nitrogens with one attached hydrogen (secondary N) is 3. The van der Waals surface area contributed by atoms with Gasteiger partial charge < -0.3 is 36.3 Å². The summed E-state index contributed by atoms with van der Waals surface area (Å²) in [5.41, 5.74) is 6.65. The first kappa shape index (κ1) is 27.7. The second kappa shape index (κ2) is 13.5. The Kier molecular flexibility index (Phi) is 10.4. The van der Waals surface area contributed by atoms with E-state index in [0.29, 0.717) is 26.2 Å². The molecule has 3 aliphatic rings. The smallest absolute Gasteiger partial charge is 0.326 e. The van der Waals surface area contributed by atoms with Gasteiger partial charge in [-0.1, -0.05) is 26.0 Å². The molecule has 1 fully saturated rings. The molecule has 1 saturated carbocycles. The molecule has 1 aromatic carbocycles. The number of carboxylic acid groups (broad SMARTS) is 1. The Hall–Kier alpha value is -2.85. The van der Waals surface area contributed by atoms with E-state index in [1.54, 1.807) is 0 Å². The third kappa shape index (κ3) is 8.67. The van der Waals surface area contributed by atoms with Gasteiger partial charge in [0.1, 0.15) is 17.8 Å². The molecule has 10 heteroatoms. The zero-order valence-electron chi connectivity index (χ0n) is 21.2. The number of nitrogens with two attached hydrogens (primary N) is 1. The van der Waals surface area contributed by atoms with Gasteiger partial charge in [-0.2, -0.15) is 0 Å². The fourth-order valence-corrected chi connectivity index (χ4v) is 4.45. The number of urea groups is 1. The van der Waals surface area contributed by atoms with Crippen molar-refractivity contribution < 1.29 is 29.0 Å². The Morgan fingerprint density at radius 1 is 1.17 bits per heavy atom. The van der Waals surface area contributed by atoms with Crippen LogP contribution in [0, 0.1) is 11.8 Å². The summed E-state index contributed by atoms with van der Waals surface area (Å²) >= 11 is 0. The van der Waals surface area contributed by atoms with E-state index in [9.17, 15) is 19.5 Å². The molecule has 4 rings (SSSR count). The molecule has 36 heavy (non-hydrogen) atoms. The average molecular weight is 505 g/mol. The highest BCUT2D eigenvalue weighted by Crippen LogP contribution is 2.29. The molecule has 3 amide bonds. The summed E-state index contributed by atoms with van der Waals surface area (Å²) in [5.74, 6) is -0.439. The maximum atomic E-state index is 13.3. The van der Waals surface area contributed by atoms with Crippen molar-refractivity contribution >= 4 is 17.9 Å². The van der Waals surface area contributed by atoms with E-state index in [0.717, 1.165) is 37.0 Å². The molecule has 2 bridgehead atoms. The van der Waals surface area contributed by atoms with Gasteiger partial charge in [-0.3, -0.25) is 4.79 Å². The first-order valence-electron chi connectivity index (χ1n) is 12.9. The molecule has 0 spiro atoms. The Labute approximate surface area is 212 Å². The highest BCUT2D eigenvalue weighted by Gasteiger charge is 2.33. The number of carbonyl (C=O) groups is 3. The summed E-state index contributed by atoms with van der Waals surface area (Å²) in [5, 5.41) is 17.8. The van der Waals surface area contributed by atoms with Crippen molar-refractivity contribution in [1.29, 1.82) is 0 Å². The third-order valence-corrected chi connectivity index (χ3v) is 6.81.